The van der Waals surface area contributed by atoms with Crippen LogP contribution in [0.5, 0.6) is 0 Å². The molecule has 0 radical (unpaired) electrons. The standard InChI is InChI=1S/C15H20N2O2/c1-11(2)8-9-14-16-12-6-4-5-7-13(12)17(14)10-15(18)19-3/h4-7,11H,8-10H2,1-3H3. The third kappa shape index (κ3) is 3.13. The molecule has 0 amide bonds. The summed E-state index contributed by atoms with van der Waals surface area (Å²) in [6, 6.07) is 7.89. The van der Waals surface area contributed by atoms with Crippen LogP contribution < -0.4 is 0 Å². The van der Waals surface area contributed by atoms with Crippen LogP contribution in [0.1, 0.15) is 26.1 Å². The molecule has 0 aliphatic carbocycles. The first-order valence-electron chi connectivity index (χ1n) is 6.62. The minimum atomic E-state index is -0.242. The Labute approximate surface area is 113 Å². The average molecular weight is 260 g/mol. The van der Waals surface area contributed by atoms with Crippen molar-refractivity contribution >= 4 is 17.0 Å². The molecule has 0 aliphatic heterocycles. The fraction of sp³-hybridized carbons (Fsp3) is 0.467. The largest absolute Gasteiger partial charge is 0.468 e. The lowest BCUT2D eigenvalue weighted by atomic mass is 10.1. The Kier molecular flexibility index (Phi) is 4.20. The van der Waals surface area contributed by atoms with Gasteiger partial charge in [0.15, 0.2) is 0 Å². The molecule has 1 heterocycles. The van der Waals surface area contributed by atoms with Crippen molar-refractivity contribution in [2.24, 2.45) is 5.92 Å². The number of aromatic nitrogens is 2. The number of carbonyl (C=O) groups is 1. The number of esters is 1. The molecular formula is C15H20N2O2. The minimum absolute atomic E-state index is 0.227. The second-order valence-electron chi connectivity index (χ2n) is 5.11. The molecule has 0 atom stereocenters. The molecule has 0 bridgehead atoms. The topological polar surface area (TPSA) is 44.1 Å². The predicted molar refractivity (Wildman–Crippen MR) is 74.9 cm³/mol. The molecule has 4 nitrogen and oxygen atoms in total. The van der Waals surface area contributed by atoms with Gasteiger partial charge in [0, 0.05) is 6.42 Å². The summed E-state index contributed by atoms with van der Waals surface area (Å²) in [5.41, 5.74) is 1.93. The van der Waals surface area contributed by atoms with E-state index in [1.807, 2.05) is 28.8 Å². The monoisotopic (exact) mass is 260 g/mol. The van der Waals surface area contributed by atoms with Crippen LogP contribution in [0.2, 0.25) is 0 Å². The Bertz CT molecular complexity index is 573. The molecule has 0 saturated carbocycles. The van der Waals surface area contributed by atoms with Gasteiger partial charge in [-0.2, -0.15) is 0 Å². The van der Waals surface area contributed by atoms with E-state index in [2.05, 4.69) is 18.8 Å². The van der Waals surface area contributed by atoms with Crippen LogP contribution in [0, 0.1) is 5.92 Å². The van der Waals surface area contributed by atoms with Crippen LogP contribution >= 0.6 is 0 Å². The number of rotatable bonds is 5. The number of aryl methyl sites for hydroxylation is 1. The number of fused-ring (bicyclic) bond motifs is 1. The number of imidazole rings is 1. The van der Waals surface area contributed by atoms with Crippen molar-refractivity contribution in [1.29, 1.82) is 0 Å². The maximum atomic E-state index is 11.5. The van der Waals surface area contributed by atoms with E-state index < -0.39 is 0 Å². The molecule has 0 fully saturated rings. The number of ether oxygens (including phenoxy) is 1. The molecule has 1 aromatic carbocycles. The van der Waals surface area contributed by atoms with Gasteiger partial charge in [-0.1, -0.05) is 26.0 Å². The van der Waals surface area contributed by atoms with Gasteiger partial charge in [0.2, 0.25) is 0 Å². The summed E-state index contributed by atoms with van der Waals surface area (Å²) in [5.74, 6) is 1.33. The van der Waals surface area contributed by atoms with Gasteiger partial charge in [-0.25, -0.2) is 4.98 Å². The van der Waals surface area contributed by atoms with Gasteiger partial charge in [-0.3, -0.25) is 4.79 Å². The lowest BCUT2D eigenvalue weighted by molar-refractivity contribution is -0.141. The quantitative estimate of drug-likeness (QED) is 0.776. The van der Waals surface area contributed by atoms with E-state index in [1.54, 1.807) is 0 Å². The van der Waals surface area contributed by atoms with E-state index in [4.69, 9.17) is 4.74 Å². The molecule has 0 spiro atoms. The zero-order chi connectivity index (χ0) is 13.8. The highest BCUT2D eigenvalue weighted by Crippen LogP contribution is 2.18. The molecule has 0 saturated heterocycles. The van der Waals surface area contributed by atoms with E-state index in [0.717, 1.165) is 29.7 Å². The summed E-state index contributed by atoms with van der Waals surface area (Å²) < 4.78 is 6.73. The zero-order valence-corrected chi connectivity index (χ0v) is 11.7. The molecular weight excluding hydrogens is 240 g/mol. The molecule has 0 aliphatic rings. The van der Waals surface area contributed by atoms with Crippen molar-refractivity contribution in [2.45, 2.75) is 33.2 Å². The van der Waals surface area contributed by atoms with Crippen LogP contribution in [-0.4, -0.2) is 22.6 Å². The van der Waals surface area contributed by atoms with Crippen molar-refractivity contribution in [3.63, 3.8) is 0 Å². The molecule has 1 aromatic heterocycles. The molecule has 2 aromatic rings. The molecule has 2 rings (SSSR count). The highest BCUT2D eigenvalue weighted by Gasteiger charge is 2.13. The summed E-state index contributed by atoms with van der Waals surface area (Å²) in [6.07, 6.45) is 1.94. The summed E-state index contributed by atoms with van der Waals surface area (Å²) in [7, 11) is 1.41. The van der Waals surface area contributed by atoms with Crippen molar-refractivity contribution < 1.29 is 9.53 Å². The van der Waals surface area contributed by atoms with E-state index in [9.17, 15) is 4.79 Å². The smallest absolute Gasteiger partial charge is 0.325 e. The number of methoxy groups -OCH3 is 1. The van der Waals surface area contributed by atoms with Gasteiger partial charge in [0.05, 0.1) is 18.1 Å². The van der Waals surface area contributed by atoms with Gasteiger partial charge < -0.3 is 9.30 Å². The van der Waals surface area contributed by atoms with E-state index in [0.29, 0.717) is 5.92 Å². The number of nitrogens with zero attached hydrogens (tertiary/aromatic N) is 2. The summed E-state index contributed by atoms with van der Waals surface area (Å²) in [6.45, 7) is 4.60. The first kappa shape index (κ1) is 13.6. The highest BCUT2D eigenvalue weighted by atomic mass is 16.5. The first-order chi connectivity index (χ1) is 9.11. The fourth-order valence-electron chi connectivity index (χ4n) is 2.10. The van der Waals surface area contributed by atoms with Gasteiger partial charge in [0.25, 0.3) is 0 Å². The Morgan fingerprint density at radius 3 is 2.79 bits per heavy atom. The van der Waals surface area contributed by atoms with Crippen LogP contribution in [0.15, 0.2) is 24.3 Å². The number of para-hydroxylation sites is 2. The second kappa shape index (κ2) is 5.87. The fourth-order valence-corrected chi connectivity index (χ4v) is 2.10. The van der Waals surface area contributed by atoms with Gasteiger partial charge in [0.1, 0.15) is 12.4 Å². The maximum Gasteiger partial charge on any atom is 0.325 e. The number of hydrogen-bond donors (Lipinski definition) is 0. The van der Waals surface area contributed by atoms with Crippen LogP contribution in [0.4, 0.5) is 0 Å². The summed E-state index contributed by atoms with van der Waals surface area (Å²) in [4.78, 5) is 16.2. The normalized spacial score (nSPS) is 11.2. The highest BCUT2D eigenvalue weighted by molar-refractivity contribution is 5.78. The molecule has 4 heteroatoms. The van der Waals surface area contributed by atoms with Crippen LogP contribution in [-0.2, 0) is 22.5 Å². The second-order valence-corrected chi connectivity index (χ2v) is 5.11. The summed E-state index contributed by atoms with van der Waals surface area (Å²) >= 11 is 0. The molecule has 19 heavy (non-hydrogen) atoms. The van der Waals surface area contributed by atoms with E-state index >= 15 is 0 Å². The van der Waals surface area contributed by atoms with Gasteiger partial charge in [-0.15, -0.1) is 0 Å². The third-order valence-electron chi connectivity index (χ3n) is 3.19. The van der Waals surface area contributed by atoms with Crippen molar-refractivity contribution in [2.75, 3.05) is 7.11 Å². The third-order valence-corrected chi connectivity index (χ3v) is 3.19. The molecule has 0 unspecified atom stereocenters. The average Bonchev–Trinajstić information content (AvgIpc) is 2.74. The van der Waals surface area contributed by atoms with Crippen LogP contribution in [0.25, 0.3) is 11.0 Å². The first-order valence-corrected chi connectivity index (χ1v) is 6.62. The SMILES string of the molecule is COC(=O)Cn1c(CCC(C)C)nc2ccccc21. The minimum Gasteiger partial charge on any atom is -0.468 e. The number of hydrogen-bond acceptors (Lipinski definition) is 3. The molecule has 102 valence electrons. The Balaban J connectivity index is 2.37. The maximum absolute atomic E-state index is 11.5. The summed E-state index contributed by atoms with van der Waals surface area (Å²) in [5, 5.41) is 0. The van der Waals surface area contributed by atoms with E-state index in [-0.39, 0.29) is 12.5 Å². The number of carbonyl (C=O) groups excluding carboxylic acids is 1. The lowest BCUT2D eigenvalue weighted by Gasteiger charge is -2.09. The Morgan fingerprint density at radius 2 is 2.11 bits per heavy atom. The van der Waals surface area contributed by atoms with E-state index in [1.165, 1.54) is 7.11 Å². The van der Waals surface area contributed by atoms with Crippen molar-refractivity contribution in [1.82, 2.24) is 9.55 Å². The van der Waals surface area contributed by atoms with Gasteiger partial charge >= 0.3 is 5.97 Å². The lowest BCUT2D eigenvalue weighted by Crippen LogP contribution is -2.14. The Morgan fingerprint density at radius 1 is 1.37 bits per heavy atom. The van der Waals surface area contributed by atoms with Crippen molar-refractivity contribution in [3.05, 3.63) is 30.1 Å². The number of benzene rings is 1. The van der Waals surface area contributed by atoms with Gasteiger partial charge in [-0.05, 0) is 24.5 Å². The van der Waals surface area contributed by atoms with Crippen molar-refractivity contribution in [3.8, 4) is 0 Å². The zero-order valence-electron chi connectivity index (χ0n) is 11.7. The molecule has 0 N–H and O–H groups in total. The Hall–Kier alpha value is -1.84. The predicted octanol–water partition coefficient (Wildman–Crippen LogP) is 2.80. The van der Waals surface area contributed by atoms with Crippen LogP contribution in [0.3, 0.4) is 0 Å².